The van der Waals surface area contributed by atoms with Crippen LogP contribution in [0.4, 0.5) is 34.1 Å². The third kappa shape index (κ3) is 3.70. The third-order valence-corrected chi connectivity index (χ3v) is 10.3. The lowest BCUT2D eigenvalue weighted by Gasteiger charge is -2.46. The van der Waals surface area contributed by atoms with Gasteiger partial charge in [0.15, 0.2) is 0 Å². The van der Waals surface area contributed by atoms with E-state index in [4.69, 9.17) is 0 Å². The van der Waals surface area contributed by atoms with Crippen molar-refractivity contribution in [2.45, 2.75) is 33.5 Å². The maximum absolute atomic E-state index is 2.56. The lowest BCUT2D eigenvalue weighted by atomic mass is 9.33. The largest absolute Gasteiger partial charge is 0.312 e. The summed E-state index contributed by atoms with van der Waals surface area (Å²) < 4.78 is 0. The highest BCUT2D eigenvalue weighted by molar-refractivity contribution is 7.01. The minimum absolute atomic E-state index is 0.180. The second-order valence-corrected chi connectivity index (χ2v) is 17.1. The minimum atomic E-state index is -1.72. The molecule has 2 nitrogen and oxygen atoms in total. The van der Waals surface area contributed by atoms with Crippen LogP contribution >= 0.6 is 0 Å². The van der Waals surface area contributed by atoms with E-state index in [1.54, 1.807) is 0 Å². The number of anilines is 6. The number of para-hydroxylation sites is 2. The number of rotatable bonds is 3. The maximum Gasteiger partial charge on any atom is 0.252 e. The summed E-state index contributed by atoms with van der Waals surface area (Å²) in [7, 11) is -1.72. The molecule has 0 saturated carbocycles. The van der Waals surface area contributed by atoms with Crippen LogP contribution in [0.25, 0.3) is 0 Å². The molecule has 0 saturated heterocycles. The summed E-state index contributed by atoms with van der Waals surface area (Å²) in [6.45, 7) is 12.0. The molecule has 0 radical (unpaired) electrons. The van der Waals surface area contributed by atoms with Crippen LogP contribution in [-0.4, -0.2) is 14.8 Å². The standard InChI is InChI=1S/C35H33BN2Si/c1-24-15-18-27(19-16-24)38-31-20-17-25(2)23-29(31)36-28-13-9-10-14-30(28)37(26-11-7-6-8-12-26)32-21-22-33(39(3,4)5)35(38)34(32)36/h6-23H,1-5H3. The van der Waals surface area contributed by atoms with Gasteiger partial charge in [-0.15, -0.1) is 0 Å². The molecule has 2 heterocycles. The van der Waals surface area contributed by atoms with Crippen LogP contribution in [0.2, 0.25) is 19.6 Å². The molecule has 0 aliphatic carbocycles. The molecule has 4 heteroatoms. The Morgan fingerprint density at radius 3 is 1.90 bits per heavy atom. The van der Waals surface area contributed by atoms with Crippen molar-refractivity contribution in [3.63, 3.8) is 0 Å². The summed E-state index contributed by atoms with van der Waals surface area (Å²) in [5.41, 5.74) is 14.4. The van der Waals surface area contributed by atoms with Gasteiger partial charge in [-0.2, -0.15) is 0 Å². The van der Waals surface area contributed by atoms with Gasteiger partial charge in [-0.3, -0.25) is 0 Å². The molecule has 0 aromatic heterocycles. The Morgan fingerprint density at radius 2 is 1.15 bits per heavy atom. The molecule has 2 aliphatic heterocycles. The van der Waals surface area contributed by atoms with Gasteiger partial charge < -0.3 is 9.80 Å². The fraction of sp³-hybridized carbons (Fsp3) is 0.143. The fourth-order valence-corrected chi connectivity index (χ4v) is 8.05. The maximum atomic E-state index is 2.56. The normalized spacial score (nSPS) is 13.6. The van der Waals surface area contributed by atoms with E-state index in [-0.39, 0.29) is 6.71 Å². The van der Waals surface area contributed by atoms with Gasteiger partial charge in [0.1, 0.15) is 0 Å². The topological polar surface area (TPSA) is 6.48 Å². The van der Waals surface area contributed by atoms with E-state index in [0.717, 1.165) is 0 Å². The molecule has 0 atom stereocenters. The molecule has 5 aromatic rings. The van der Waals surface area contributed by atoms with Crippen LogP contribution < -0.4 is 31.4 Å². The molecule has 2 aliphatic rings. The van der Waals surface area contributed by atoms with Crippen molar-refractivity contribution in [1.82, 2.24) is 0 Å². The van der Waals surface area contributed by atoms with Gasteiger partial charge in [-0.1, -0.05) is 97.5 Å². The molecule has 0 spiro atoms. The number of aryl methyl sites for hydroxylation is 2. The molecule has 39 heavy (non-hydrogen) atoms. The van der Waals surface area contributed by atoms with Gasteiger partial charge in [0, 0.05) is 34.1 Å². The van der Waals surface area contributed by atoms with E-state index in [0.29, 0.717) is 0 Å². The lowest BCUT2D eigenvalue weighted by Crippen LogP contribution is -2.63. The first kappa shape index (κ1) is 24.1. The van der Waals surface area contributed by atoms with E-state index >= 15 is 0 Å². The first-order chi connectivity index (χ1) is 18.8. The SMILES string of the molecule is Cc1ccc(N2c3ccc(C)cc3B3c4ccccc4N(c4ccccc4)c4ccc([Si](C)(C)C)c2c43)cc1. The summed E-state index contributed by atoms with van der Waals surface area (Å²) in [4.78, 5) is 5.04. The molecular weight excluding hydrogens is 487 g/mol. The first-order valence-corrected chi connectivity index (χ1v) is 17.4. The van der Waals surface area contributed by atoms with Crippen LogP contribution in [-0.2, 0) is 0 Å². The average molecular weight is 521 g/mol. The Bertz CT molecular complexity index is 1720. The van der Waals surface area contributed by atoms with E-state index < -0.39 is 8.07 Å². The lowest BCUT2D eigenvalue weighted by molar-refractivity contribution is 1.25. The molecule has 7 rings (SSSR count). The number of hydrogen-bond donors (Lipinski definition) is 0. The van der Waals surface area contributed by atoms with Gasteiger partial charge in [-0.25, -0.2) is 0 Å². The Labute approximate surface area is 233 Å². The molecule has 0 N–H and O–H groups in total. The molecule has 0 amide bonds. The van der Waals surface area contributed by atoms with Gasteiger partial charge >= 0.3 is 0 Å². The summed E-state index contributed by atoms with van der Waals surface area (Å²) >= 11 is 0. The smallest absolute Gasteiger partial charge is 0.252 e. The van der Waals surface area contributed by atoms with Crippen molar-refractivity contribution in [2.24, 2.45) is 0 Å². The predicted octanol–water partition coefficient (Wildman–Crippen LogP) is 6.93. The molecule has 0 unspecified atom stereocenters. The van der Waals surface area contributed by atoms with Crippen molar-refractivity contribution in [1.29, 1.82) is 0 Å². The van der Waals surface area contributed by atoms with Crippen LogP contribution in [0.1, 0.15) is 11.1 Å². The van der Waals surface area contributed by atoms with E-state index in [2.05, 4.69) is 152 Å². The van der Waals surface area contributed by atoms with Crippen LogP contribution in [0, 0.1) is 13.8 Å². The monoisotopic (exact) mass is 520 g/mol. The Morgan fingerprint density at radius 1 is 0.538 bits per heavy atom. The predicted molar refractivity (Wildman–Crippen MR) is 173 cm³/mol. The van der Waals surface area contributed by atoms with Crippen molar-refractivity contribution in [2.75, 3.05) is 9.80 Å². The molecule has 5 aromatic carbocycles. The second kappa shape index (κ2) is 8.75. The molecule has 190 valence electrons. The Kier molecular flexibility index (Phi) is 5.40. The van der Waals surface area contributed by atoms with E-state index in [1.807, 2.05) is 0 Å². The van der Waals surface area contributed by atoms with Crippen molar-refractivity contribution in [3.05, 3.63) is 120 Å². The average Bonchev–Trinajstić information content (AvgIpc) is 2.93. The van der Waals surface area contributed by atoms with Gasteiger partial charge in [-0.05, 0) is 77.9 Å². The molecular formula is C35H33BN2Si. The summed E-state index contributed by atoms with van der Waals surface area (Å²) in [5.74, 6) is 0. The molecule has 0 bridgehead atoms. The van der Waals surface area contributed by atoms with Crippen molar-refractivity contribution in [3.8, 4) is 0 Å². The van der Waals surface area contributed by atoms with Gasteiger partial charge in [0.25, 0.3) is 6.71 Å². The minimum Gasteiger partial charge on any atom is -0.312 e. The first-order valence-electron chi connectivity index (χ1n) is 13.9. The fourth-order valence-electron chi connectivity index (χ4n) is 6.51. The van der Waals surface area contributed by atoms with E-state index in [9.17, 15) is 0 Å². The number of hydrogen-bond acceptors (Lipinski definition) is 2. The van der Waals surface area contributed by atoms with Gasteiger partial charge in [0.05, 0.1) is 8.07 Å². The second-order valence-electron chi connectivity index (χ2n) is 12.0. The van der Waals surface area contributed by atoms with E-state index in [1.165, 1.54) is 66.8 Å². The van der Waals surface area contributed by atoms with Crippen molar-refractivity contribution < 1.29 is 0 Å². The Hall–Kier alpha value is -4.02. The summed E-state index contributed by atoms with van der Waals surface area (Å²) in [6, 6.07) is 40.8. The number of benzene rings is 5. The highest BCUT2D eigenvalue weighted by Crippen LogP contribution is 2.43. The highest BCUT2D eigenvalue weighted by atomic mass is 28.3. The Balaban J connectivity index is 1.64. The van der Waals surface area contributed by atoms with Gasteiger partial charge in [0.2, 0.25) is 0 Å². The summed E-state index contributed by atoms with van der Waals surface area (Å²) in [6.07, 6.45) is 0. The van der Waals surface area contributed by atoms with Crippen molar-refractivity contribution >= 4 is 70.5 Å². The van der Waals surface area contributed by atoms with Crippen LogP contribution in [0.3, 0.4) is 0 Å². The quantitative estimate of drug-likeness (QED) is 0.233. The zero-order valence-corrected chi connectivity index (χ0v) is 24.4. The third-order valence-electron chi connectivity index (χ3n) is 8.29. The van der Waals surface area contributed by atoms with Crippen LogP contribution in [0.5, 0.6) is 0 Å². The van der Waals surface area contributed by atoms with Crippen LogP contribution in [0.15, 0.2) is 109 Å². The number of fused-ring (bicyclic) bond motifs is 4. The zero-order valence-electron chi connectivity index (χ0n) is 23.4. The number of nitrogens with zero attached hydrogens (tertiary/aromatic N) is 2. The zero-order chi connectivity index (χ0) is 26.9. The molecule has 0 fully saturated rings. The highest BCUT2D eigenvalue weighted by Gasteiger charge is 2.45. The summed E-state index contributed by atoms with van der Waals surface area (Å²) in [5, 5.41) is 1.51.